The van der Waals surface area contributed by atoms with E-state index in [1.165, 1.54) is 24.2 Å². The summed E-state index contributed by atoms with van der Waals surface area (Å²) in [6.07, 6.45) is 7.51. The van der Waals surface area contributed by atoms with Crippen molar-refractivity contribution in [2.24, 2.45) is 11.8 Å². The van der Waals surface area contributed by atoms with Crippen molar-refractivity contribution in [3.63, 3.8) is 0 Å². The molecule has 0 spiro atoms. The molecule has 2 amide bonds. The van der Waals surface area contributed by atoms with Crippen LogP contribution in [-0.4, -0.2) is 42.9 Å². The lowest BCUT2D eigenvalue weighted by Gasteiger charge is -2.27. The monoisotopic (exact) mass is 416 g/mol. The topological polar surface area (TPSA) is 75.7 Å². The van der Waals surface area contributed by atoms with E-state index in [2.05, 4.69) is 12.2 Å². The number of rotatable bonds is 9. The van der Waals surface area contributed by atoms with Crippen molar-refractivity contribution >= 4 is 23.5 Å². The fourth-order valence-electron chi connectivity index (χ4n) is 4.03. The van der Waals surface area contributed by atoms with Crippen molar-refractivity contribution in [3.05, 3.63) is 29.3 Å². The van der Waals surface area contributed by atoms with E-state index in [-0.39, 0.29) is 36.9 Å². The van der Waals surface area contributed by atoms with E-state index in [0.717, 1.165) is 48.4 Å². The molecule has 1 saturated carbocycles. The Morgan fingerprint density at radius 2 is 1.73 bits per heavy atom. The average molecular weight is 417 g/mol. The number of anilines is 1. The summed E-state index contributed by atoms with van der Waals surface area (Å²) in [5.74, 6) is -0.326. The third-order valence-corrected chi connectivity index (χ3v) is 6.04. The summed E-state index contributed by atoms with van der Waals surface area (Å²) in [5.41, 5.74) is 2.70. The summed E-state index contributed by atoms with van der Waals surface area (Å²) < 4.78 is 5.26. The Morgan fingerprint density at radius 3 is 2.33 bits per heavy atom. The van der Waals surface area contributed by atoms with Crippen LogP contribution >= 0.6 is 0 Å². The van der Waals surface area contributed by atoms with Gasteiger partial charge in [-0.2, -0.15) is 0 Å². The first-order valence-electron chi connectivity index (χ1n) is 11.1. The molecule has 30 heavy (non-hydrogen) atoms. The molecule has 0 radical (unpaired) electrons. The van der Waals surface area contributed by atoms with E-state index in [9.17, 15) is 14.4 Å². The molecule has 0 heterocycles. The number of likely N-dealkylation sites (N-methyl/N-ethyl adjacent to an activating group) is 1. The van der Waals surface area contributed by atoms with Gasteiger partial charge in [-0.15, -0.1) is 0 Å². The van der Waals surface area contributed by atoms with Gasteiger partial charge in [0.15, 0.2) is 6.61 Å². The van der Waals surface area contributed by atoms with Crippen molar-refractivity contribution in [2.45, 2.75) is 65.7 Å². The van der Waals surface area contributed by atoms with E-state index in [0.29, 0.717) is 0 Å². The lowest BCUT2D eigenvalue weighted by Crippen LogP contribution is -2.38. The van der Waals surface area contributed by atoms with Gasteiger partial charge in [-0.05, 0) is 56.6 Å². The van der Waals surface area contributed by atoms with E-state index < -0.39 is 0 Å². The van der Waals surface area contributed by atoms with Crippen molar-refractivity contribution in [2.75, 3.05) is 25.5 Å². The zero-order chi connectivity index (χ0) is 22.1. The van der Waals surface area contributed by atoms with Gasteiger partial charge in [0.05, 0.1) is 12.5 Å². The predicted octanol–water partition coefficient (Wildman–Crippen LogP) is 4.24. The molecule has 1 fully saturated rings. The molecule has 1 aliphatic carbocycles. The fraction of sp³-hybridized carbons (Fsp3) is 0.625. The van der Waals surface area contributed by atoms with Gasteiger partial charge in [0.1, 0.15) is 0 Å². The van der Waals surface area contributed by atoms with Crippen LogP contribution in [0.25, 0.3) is 0 Å². The highest BCUT2D eigenvalue weighted by atomic mass is 16.5. The third kappa shape index (κ3) is 7.15. The van der Waals surface area contributed by atoms with Crippen LogP contribution in [0, 0.1) is 25.7 Å². The van der Waals surface area contributed by atoms with Crippen LogP contribution in [0.1, 0.15) is 63.0 Å². The number of carbonyl (C=O) groups excluding carboxylic acids is 3. The highest BCUT2D eigenvalue weighted by Crippen LogP contribution is 2.32. The molecule has 1 aromatic carbocycles. The van der Waals surface area contributed by atoms with Gasteiger partial charge in [0.2, 0.25) is 5.91 Å². The smallest absolute Gasteiger partial charge is 0.309 e. The second-order valence-corrected chi connectivity index (χ2v) is 8.53. The quantitative estimate of drug-likeness (QED) is 0.611. The van der Waals surface area contributed by atoms with Gasteiger partial charge in [-0.25, -0.2) is 0 Å². The molecular weight excluding hydrogens is 380 g/mol. The molecule has 0 bridgehead atoms. The second-order valence-electron chi connectivity index (χ2n) is 8.53. The number of nitrogens with zero attached hydrogens (tertiary/aromatic N) is 1. The van der Waals surface area contributed by atoms with Gasteiger partial charge in [-0.1, -0.05) is 44.4 Å². The maximum absolute atomic E-state index is 12.3. The lowest BCUT2D eigenvalue weighted by atomic mass is 9.80. The summed E-state index contributed by atoms with van der Waals surface area (Å²) in [4.78, 5) is 38.2. The first-order valence-corrected chi connectivity index (χ1v) is 11.1. The fourth-order valence-corrected chi connectivity index (χ4v) is 4.03. The second kappa shape index (κ2) is 11.7. The first kappa shape index (κ1) is 23.9. The van der Waals surface area contributed by atoms with Crippen LogP contribution in [0.15, 0.2) is 18.2 Å². The van der Waals surface area contributed by atoms with Crippen LogP contribution in [0.5, 0.6) is 0 Å². The van der Waals surface area contributed by atoms with Gasteiger partial charge in [0, 0.05) is 12.7 Å². The Labute approximate surface area is 180 Å². The number of carbonyl (C=O) groups is 3. The molecule has 1 N–H and O–H groups in total. The summed E-state index contributed by atoms with van der Waals surface area (Å²) >= 11 is 0. The number of ether oxygens (including phenoxy) is 1. The number of aryl methyl sites for hydroxylation is 2. The SMILES string of the molecule is CCCCC1CCC(C(=O)OCC(=O)N(C)CC(=O)Nc2c(C)cccc2C)CC1. The van der Waals surface area contributed by atoms with Crippen molar-refractivity contribution in [1.29, 1.82) is 0 Å². The minimum atomic E-state index is -0.378. The number of benzene rings is 1. The highest BCUT2D eigenvalue weighted by molar-refractivity contribution is 5.96. The standard InChI is InChI=1S/C24H36N2O4/c1-5-6-10-19-11-13-20(14-12-19)24(29)30-16-22(28)26(4)15-21(27)25-23-17(2)8-7-9-18(23)3/h7-9,19-20H,5-6,10-16H2,1-4H3,(H,25,27). The number of nitrogens with one attached hydrogen (secondary N) is 1. The van der Waals surface area contributed by atoms with E-state index in [1.54, 1.807) is 7.05 Å². The van der Waals surface area contributed by atoms with Crippen LogP contribution in [0.4, 0.5) is 5.69 Å². The normalized spacial score (nSPS) is 18.5. The molecule has 6 nitrogen and oxygen atoms in total. The Hall–Kier alpha value is -2.37. The third-order valence-electron chi connectivity index (χ3n) is 6.04. The van der Waals surface area contributed by atoms with Crippen LogP contribution in [0.3, 0.4) is 0 Å². The molecule has 1 aromatic rings. The zero-order valence-electron chi connectivity index (χ0n) is 18.8. The van der Waals surface area contributed by atoms with Gasteiger partial charge in [-0.3, -0.25) is 14.4 Å². The summed E-state index contributed by atoms with van der Waals surface area (Å²) in [5, 5.41) is 2.86. The molecule has 0 aliphatic heterocycles. The molecule has 0 aromatic heterocycles. The summed E-state index contributed by atoms with van der Waals surface area (Å²) in [6.45, 7) is 5.64. The van der Waals surface area contributed by atoms with Gasteiger partial charge < -0.3 is 15.0 Å². The van der Waals surface area contributed by atoms with Gasteiger partial charge in [0.25, 0.3) is 5.91 Å². The van der Waals surface area contributed by atoms with Crippen LogP contribution in [-0.2, 0) is 19.1 Å². The number of para-hydroxylation sites is 1. The molecule has 0 atom stereocenters. The maximum atomic E-state index is 12.3. The van der Waals surface area contributed by atoms with Crippen molar-refractivity contribution in [1.82, 2.24) is 4.90 Å². The first-order chi connectivity index (χ1) is 14.3. The predicted molar refractivity (Wildman–Crippen MR) is 118 cm³/mol. The maximum Gasteiger partial charge on any atom is 0.309 e. The molecule has 166 valence electrons. The summed E-state index contributed by atoms with van der Waals surface area (Å²) in [6, 6.07) is 5.78. The lowest BCUT2D eigenvalue weighted by molar-refractivity contribution is -0.156. The Balaban J connectivity index is 1.72. The number of unbranched alkanes of at least 4 members (excludes halogenated alkanes) is 1. The van der Waals surface area contributed by atoms with E-state index in [4.69, 9.17) is 4.74 Å². The highest BCUT2D eigenvalue weighted by Gasteiger charge is 2.28. The number of amides is 2. The van der Waals surface area contributed by atoms with E-state index in [1.807, 2.05) is 32.0 Å². The number of hydrogen-bond acceptors (Lipinski definition) is 4. The average Bonchev–Trinajstić information content (AvgIpc) is 2.73. The zero-order valence-corrected chi connectivity index (χ0v) is 18.8. The molecule has 2 rings (SSSR count). The largest absolute Gasteiger partial charge is 0.455 e. The number of esters is 1. The Morgan fingerprint density at radius 1 is 1.10 bits per heavy atom. The Bertz CT molecular complexity index is 718. The van der Waals surface area contributed by atoms with Crippen molar-refractivity contribution in [3.8, 4) is 0 Å². The van der Waals surface area contributed by atoms with Crippen LogP contribution < -0.4 is 5.32 Å². The molecular formula is C24H36N2O4. The van der Waals surface area contributed by atoms with Gasteiger partial charge >= 0.3 is 5.97 Å². The van der Waals surface area contributed by atoms with E-state index >= 15 is 0 Å². The summed E-state index contributed by atoms with van der Waals surface area (Å²) in [7, 11) is 1.54. The minimum Gasteiger partial charge on any atom is -0.455 e. The molecule has 0 unspecified atom stereocenters. The van der Waals surface area contributed by atoms with Crippen LogP contribution in [0.2, 0.25) is 0 Å². The number of hydrogen-bond donors (Lipinski definition) is 1. The molecule has 0 saturated heterocycles. The Kier molecular flexibility index (Phi) is 9.34. The minimum absolute atomic E-state index is 0.0906. The van der Waals surface area contributed by atoms with Crippen molar-refractivity contribution < 1.29 is 19.1 Å². The molecule has 1 aliphatic rings. The molecule has 6 heteroatoms.